The summed E-state index contributed by atoms with van der Waals surface area (Å²) in [6.45, 7) is 1.25. The summed E-state index contributed by atoms with van der Waals surface area (Å²) in [5, 5.41) is 28.9. The zero-order valence-corrected chi connectivity index (χ0v) is 13.1. The highest BCUT2D eigenvalue weighted by Crippen LogP contribution is 2.29. The van der Waals surface area contributed by atoms with Gasteiger partial charge in [-0.25, -0.2) is 0 Å². The Morgan fingerprint density at radius 1 is 0.958 bits per heavy atom. The van der Waals surface area contributed by atoms with E-state index in [0.29, 0.717) is 5.56 Å². The summed E-state index contributed by atoms with van der Waals surface area (Å²) < 4.78 is 4.98. The number of phenols is 3. The molecule has 0 aliphatic rings. The molecule has 0 spiro atoms. The van der Waals surface area contributed by atoms with E-state index in [2.05, 4.69) is 0 Å². The van der Waals surface area contributed by atoms with Crippen molar-refractivity contribution in [2.75, 3.05) is 7.11 Å². The van der Waals surface area contributed by atoms with Gasteiger partial charge in [0.25, 0.3) is 0 Å². The van der Waals surface area contributed by atoms with Crippen molar-refractivity contribution in [1.82, 2.24) is 0 Å². The van der Waals surface area contributed by atoms with Gasteiger partial charge in [-0.1, -0.05) is 12.1 Å². The number of phenolic OH excluding ortho intramolecular Hbond substituents is 3. The predicted octanol–water partition coefficient (Wildman–Crippen LogP) is 2.91. The van der Waals surface area contributed by atoms with E-state index in [1.165, 1.54) is 38.3 Å². The number of aromatic hydroxyl groups is 3. The maximum Gasteiger partial charge on any atom is 0.189 e. The van der Waals surface area contributed by atoms with Gasteiger partial charge < -0.3 is 20.1 Å². The van der Waals surface area contributed by atoms with Crippen molar-refractivity contribution in [3.8, 4) is 23.0 Å². The SMILES string of the molecule is COc1cc(/C=C/C(=O)c2cc(C(C)=O)c(O)cc2O)ccc1O. The van der Waals surface area contributed by atoms with Gasteiger partial charge in [-0.05, 0) is 36.8 Å². The van der Waals surface area contributed by atoms with E-state index >= 15 is 0 Å². The summed E-state index contributed by atoms with van der Waals surface area (Å²) in [6.07, 6.45) is 2.69. The van der Waals surface area contributed by atoms with Gasteiger partial charge in [0.1, 0.15) is 11.5 Å². The van der Waals surface area contributed by atoms with E-state index < -0.39 is 17.3 Å². The van der Waals surface area contributed by atoms with E-state index in [-0.39, 0.29) is 28.4 Å². The van der Waals surface area contributed by atoms with Crippen LogP contribution < -0.4 is 4.74 Å². The molecule has 0 bridgehead atoms. The molecule has 124 valence electrons. The molecule has 3 N–H and O–H groups in total. The minimum Gasteiger partial charge on any atom is -0.507 e. The molecule has 0 saturated heterocycles. The summed E-state index contributed by atoms with van der Waals surface area (Å²) in [5.74, 6) is -1.53. The standard InChI is InChI=1S/C18H16O6/c1-10(19)12-8-13(17(23)9-16(12)22)14(20)5-3-11-4-6-15(21)18(7-11)24-2/h3-9,21-23H,1-2H3/b5-3+. The Labute approximate surface area is 138 Å². The second kappa shape index (κ2) is 6.87. The van der Waals surface area contributed by atoms with Gasteiger partial charge in [0.05, 0.1) is 18.2 Å². The lowest BCUT2D eigenvalue weighted by atomic mass is 10.0. The molecular weight excluding hydrogens is 312 g/mol. The summed E-state index contributed by atoms with van der Waals surface area (Å²) in [6, 6.07) is 6.66. The lowest BCUT2D eigenvalue weighted by Gasteiger charge is -2.06. The zero-order valence-electron chi connectivity index (χ0n) is 13.1. The Balaban J connectivity index is 2.33. The topological polar surface area (TPSA) is 104 Å². The van der Waals surface area contributed by atoms with Crippen molar-refractivity contribution in [3.63, 3.8) is 0 Å². The van der Waals surface area contributed by atoms with E-state index in [0.717, 1.165) is 12.1 Å². The van der Waals surface area contributed by atoms with Gasteiger partial charge in [0, 0.05) is 6.07 Å². The summed E-state index contributed by atoms with van der Waals surface area (Å²) >= 11 is 0. The van der Waals surface area contributed by atoms with Crippen LogP contribution in [0.4, 0.5) is 0 Å². The molecule has 0 heterocycles. The molecule has 0 fully saturated rings. The van der Waals surface area contributed by atoms with Gasteiger partial charge in [-0.3, -0.25) is 9.59 Å². The summed E-state index contributed by atoms with van der Waals surface area (Å²) in [5.41, 5.74) is 0.457. The number of ketones is 2. The highest BCUT2D eigenvalue weighted by molar-refractivity contribution is 6.10. The molecule has 0 aliphatic heterocycles. The van der Waals surface area contributed by atoms with Crippen LogP contribution >= 0.6 is 0 Å². The van der Waals surface area contributed by atoms with Crippen LogP contribution in [0, 0.1) is 0 Å². The Morgan fingerprint density at radius 3 is 2.25 bits per heavy atom. The van der Waals surface area contributed by atoms with Crippen LogP contribution in [0.1, 0.15) is 33.2 Å². The highest BCUT2D eigenvalue weighted by atomic mass is 16.5. The van der Waals surface area contributed by atoms with Crippen molar-refractivity contribution in [1.29, 1.82) is 0 Å². The maximum absolute atomic E-state index is 12.2. The molecule has 2 aromatic carbocycles. The fourth-order valence-electron chi connectivity index (χ4n) is 2.12. The van der Waals surface area contributed by atoms with Crippen LogP contribution in [0.3, 0.4) is 0 Å². The maximum atomic E-state index is 12.2. The smallest absolute Gasteiger partial charge is 0.189 e. The third kappa shape index (κ3) is 3.55. The normalized spacial score (nSPS) is 10.8. The Bertz CT molecular complexity index is 836. The Morgan fingerprint density at radius 2 is 1.62 bits per heavy atom. The molecule has 0 aromatic heterocycles. The van der Waals surface area contributed by atoms with Crippen LogP contribution in [0.5, 0.6) is 23.0 Å². The summed E-state index contributed by atoms with van der Waals surface area (Å²) in [7, 11) is 1.41. The van der Waals surface area contributed by atoms with Crippen molar-refractivity contribution in [2.24, 2.45) is 0 Å². The van der Waals surface area contributed by atoms with Crippen LogP contribution in [-0.4, -0.2) is 34.0 Å². The molecule has 0 saturated carbocycles. The van der Waals surface area contributed by atoms with Crippen molar-refractivity contribution in [2.45, 2.75) is 6.92 Å². The van der Waals surface area contributed by atoms with E-state index in [4.69, 9.17) is 4.74 Å². The van der Waals surface area contributed by atoms with Crippen LogP contribution in [-0.2, 0) is 0 Å². The number of Topliss-reactive ketones (excluding diaryl/α,β-unsaturated/α-hetero) is 1. The van der Waals surface area contributed by atoms with Crippen molar-refractivity contribution < 1.29 is 29.6 Å². The number of carbonyl (C=O) groups excluding carboxylic acids is 2. The van der Waals surface area contributed by atoms with Gasteiger partial charge in [0.2, 0.25) is 0 Å². The molecule has 0 unspecified atom stereocenters. The van der Waals surface area contributed by atoms with Gasteiger partial charge in [0.15, 0.2) is 23.1 Å². The number of ether oxygens (including phenoxy) is 1. The monoisotopic (exact) mass is 328 g/mol. The van der Waals surface area contributed by atoms with Gasteiger partial charge in [-0.15, -0.1) is 0 Å². The minimum atomic E-state index is -0.540. The second-order valence-electron chi connectivity index (χ2n) is 5.07. The number of hydrogen-bond donors (Lipinski definition) is 3. The molecule has 6 heteroatoms. The number of rotatable bonds is 5. The molecule has 0 amide bonds. The van der Waals surface area contributed by atoms with Crippen LogP contribution in [0.15, 0.2) is 36.4 Å². The van der Waals surface area contributed by atoms with Gasteiger partial charge in [-0.2, -0.15) is 0 Å². The van der Waals surface area contributed by atoms with E-state index in [1.54, 1.807) is 6.07 Å². The average Bonchev–Trinajstić information content (AvgIpc) is 2.53. The first-order chi connectivity index (χ1) is 11.3. The van der Waals surface area contributed by atoms with Gasteiger partial charge >= 0.3 is 0 Å². The van der Waals surface area contributed by atoms with Crippen LogP contribution in [0.25, 0.3) is 6.08 Å². The first-order valence-electron chi connectivity index (χ1n) is 6.99. The van der Waals surface area contributed by atoms with E-state index in [1.807, 2.05) is 0 Å². The Kier molecular flexibility index (Phi) is 4.89. The molecule has 2 aromatic rings. The largest absolute Gasteiger partial charge is 0.507 e. The number of carbonyl (C=O) groups is 2. The number of hydrogen-bond acceptors (Lipinski definition) is 6. The Hall–Kier alpha value is -3.28. The molecule has 0 radical (unpaired) electrons. The fourth-order valence-corrected chi connectivity index (χ4v) is 2.12. The first-order valence-corrected chi connectivity index (χ1v) is 6.99. The quantitative estimate of drug-likeness (QED) is 0.576. The lowest BCUT2D eigenvalue weighted by Crippen LogP contribution is -2.00. The van der Waals surface area contributed by atoms with E-state index in [9.17, 15) is 24.9 Å². The minimum absolute atomic E-state index is 0.0248. The van der Waals surface area contributed by atoms with Crippen molar-refractivity contribution in [3.05, 3.63) is 53.1 Å². The second-order valence-corrected chi connectivity index (χ2v) is 5.07. The van der Waals surface area contributed by atoms with Crippen LogP contribution in [0.2, 0.25) is 0 Å². The zero-order chi connectivity index (χ0) is 17.9. The fraction of sp³-hybridized carbons (Fsp3) is 0.111. The average molecular weight is 328 g/mol. The first kappa shape index (κ1) is 17.1. The third-order valence-corrected chi connectivity index (χ3v) is 3.39. The number of benzene rings is 2. The molecular formula is C18H16O6. The predicted molar refractivity (Wildman–Crippen MR) is 87.8 cm³/mol. The molecule has 6 nitrogen and oxygen atoms in total. The third-order valence-electron chi connectivity index (χ3n) is 3.39. The number of methoxy groups -OCH3 is 1. The van der Waals surface area contributed by atoms with Crippen molar-refractivity contribution >= 4 is 17.6 Å². The molecule has 0 atom stereocenters. The summed E-state index contributed by atoms with van der Waals surface area (Å²) in [4.78, 5) is 23.7. The molecule has 0 aliphatic carbocycles. The molecule has 24 heavy (non-hydrogen) atoms. The highest BCUT2D eigenvalue weighted by Gasteiger charge is 2.15. The lowest BCUT2D eigenvalue weighted by molar-refractivity contribution is 0.101. The molecule has 2 rings (SSSR count). The number of allylic oxidation sites excluding steroid dienone is 1.